The third-order valence-corrected chi connectivity index (χ3v) is 9.68. The average Bonchev–Trinajstić information content (AvgIpc) is 3.44. The van der Waals surface area contributed by atoms with Crippen LogP contribution < -0.4 is 4.74 Å². The Bertz CT molecular complexity index is 1550. The monoisotopic (exact) mass is 490 g/mol. The zero-order chi connectivity index (χ0) is 24.9. The van der Waals surface area contributed by atoms with Gasteiger partial charge >= 0.3 is 0 Å². The number of likely N-dealkylation sites (N-methyl/N-ethyl adjacent to an activating group) is 1. The molecular weight excluding hydrogens is 460 g/mol. The Labute approximate surface area is 216 Å². The van der Waals surface area contributed by atoms with Crippen molar-refractivity contribution in [3.63, 3.8) is 0 Å². The van der Waals surface area contributed by atoms with Crippen LogP contribution in [0, 0.1) is 0 Å². The number of likely N-dealkylation sites (tertiary alicyclic amines) is 1. The van der Waals surface area contributed by atoms with Gasteiger partial charge in [0.25, 0.3) is 0 Å². The Balaban J connectivity index is 1.42. The molecule has 0 amide bonds. The number of hydrogen-bond donors (Lipinski definition) is 2. The summed E-state index contributed by atoms with van der Waals surface area (Å²) in [6, 6.07) is 24.8. The quantitative estimate of drug-likeness (QED) is 0.432. The van der Waals surface area contributed by atoms with Crippen LogP contribution in [0.15, 0.2) is 79.0 Å². The van der Waals surface area contributed by atoms with E-state index < -0.39 is 11.0 Å². The number of aliphatic hydroxyl groups is 1. The van der Waals surface area contributed by atoms with E-state index in [1.54, 1.807) is 6.07 Å². The number of aromatic hydroxyl groups is 1. The third-order valence-electron chi connectivity index (χ3n) is 9.68. The fourth-order valence-corrected chi connectivity index (χ4v) is 8.08. The summed E-state index contributed by atoms with van der Waals surface area (Å²) in [6.45, 7) is 1.62. The second-order valence-corrected chi connectivity index (χ2v) is 11.4. The van der Waals surface area contributed by atoms with Gasteiger partial charge in [0, 0.05) is 36.3 Å². The molecule has 0 unspecified atom stereocenters. The van der Waals surface area contributed by atoms with Gasteiger partial charge in [-0.2, -0.15) is 0 Å². The second-order valence-electron chi connectivity index (χ2n) is 11.4. The van der Waals surface area contributed by atoms with E-state index in [2.05, 4.69) is 71.2 Å². The fourth-order valence-electron chi connectivity index (χ4n) is 8.08. The van der Waals surface area contributed by atoms with Gasteiger partial charge in [0.1, 0.15) is 0 Å². The predicted octanol–water partition coefficient (Wildman–Crippen LogP) is 4.83. The molecule has 1 fully saturated rings. The molecule has 4 atom stereocenters. The number of aromatic nitrogens is 1. The lowest BCUT2D eigenvalue weighted by molar-refractivity contribution is -0.168. The first-order valence-corrected chi connectivity index (χ1v) is 13.3. The highest BCUT2D eigenvalue weighted by Gasteiger charge is 2.72. The molecule has 8 rings (SSSR count). The molecule has 1 aromatic heterocycles. The summed E-state index contributed by atoms with van der Waals surface area (Å²) < 4.78 is 9.16. The minimum atomic E-state index is -0.994. The van der Waals surface area contributed by atoms with Crippen LogP contribution >= 0.6 is 0 Å². The highest BCUT2D eigenvalue weighted by Crippen LogP contribution is 2.69. The van der Waals surface area contributed by atoms with Crippen molar-refractivity contribution >= 4 is 0 Å². The molecule has 4 aromatic rings. The van der Waals surface area contributed by atoms with Crippen LogP contribution in [-0.2, 0) is 24.8 Å². The maximum absolute atomic E-state index is 12.9. The molecule has 5 nitrogen and oxygen atoms in total. The van der Waals surface area contributed by atoms with Crippen LogP contribution in [0.2, 0.25) is 0 Å². The predicted molar refractivity (Wildman–Crippen MR) is 142 cm³/mol. The summed E-state index contributed by atoms with van der Waals surface area (Å²) in [4.78, 5) is 2.34. The number of rotatable bonds is 3. The summed E-state index contributed by atoms with van der Waals surface area (Å²) in [6.07, 6.45) is 4.01. The topological polar surface area (TPSA) is 57.9 Å². The standard InChI is InChI=1S/C32H30N2O3/c1-33-15-14-31-27-22-12-13-25(35)29(27)37-30(31)28-23(17-32(31,36)26(33)16-22)24(21-10-6-3-7-11-21)19-34(28)18-20-8-4-2-5-9-20/h2-13,19,26,30,35-36H,14-18H2,1H3/t26-,30-,31-,32+/m0/s1. The van der Waals surface area contributed by atoms with E-state index in [0.717, 1.165) is 48.3 Å². The number of nitrogens with zero attached hydrogens (tertiary/aromatic N) is 2. The number of fused-ring (bicyclic) bond motifs is 2. The van der Waals surface area contributed by atoms with Gasteiger partial charge in [-0.1, -0.05) is 66.7 Å². The lowest BCUT2D eigenvalue weighted by Crippen LogP contribution is -2.74. The zero-order valence-corrected chi connectivity index (χ0v) is 20.9. The van der Waals surface area contributed by atoms with Crippen molar-refractivity contribution in [3.8, 4) is 22.6 Å². The fraction of sp³-hybridized carbons (Fsp3) is 0.312. The highest BCUT2D eigenvalue weighted by atomic mass is 16.5. The molecule has 2 N–H and O–H groups in total. The van der Waals surface area contributed by atoms with Crippen molar-refractivity contribution < 1.29 is 14.9 Å². The number of hydrogen-bond acceptors (Lipinski definition) is 4. The molecule has 1 spiro atoms. The van der Waals surface area contributed by atoms with Crippen molar-refractivity contribution in [2.45, 2.75) is 49.0 Å². The Morgan fingerprint density at radius 2 is 1.76 bits per heavy atom. The number of piperidine rings is 1. The molecule has 37 heavy (non-hydrogen) atoms. The lowest BCUT2D eigenvalue weighted by Gasteiger charge is -2.62. The van der Waals surface area contributed by atoms with Gasteiger partial charge in [-0.25, -0.2) is 0 Å². The van der Waals surface area contributed by atoms with Crippen LogP contribution in [0.4, 0.5) is 0 Å². The Morgan fingerprint density at radius 1 is 1.00 bits per heavy atom. The largest absolute Gasteiger partial charge is 0.504 e. The molecule has 0 radical (unpaired) electrons. The molecule has 1 saturated heterocycles. The maximum atomic E-state index is 12.9. The van der Waals surface area contributed by atoms with Crippen LogP contribution in [0.1, 0.15) is 40.5 Å². The van der Waals surface area contributed by atoms with Crippen molar-refractivity contribution in [2.24, 2.45) is 0 Å². The van der Waals surface area contributed by atoms with Gasteiger partial charge in [-0.15, -0.1) is 0 Å². The molecule has 3 heterocycles. The van der Waals surface area contributed by atoms with Crippen molar-refractivity contribution in [1.82, 2.24) is 9.47 Å². The van der Waals surface area contributed by atoms with E-state index in [1.807, 2.05) is 18.2 Å². The molecule has 2 aliphatic heterocycles. The highest BCUT2D eigenvalue weighted by molar-refractivity contribution is 5.73. The molecule has 4 aliphatic rings. The Kier molecular flexibility index (Phi) is 4.23. The van der Waals surface area contributed by atoms with Crippen LogP contribution in [0.3, 0.4) is 0 Å². The summed E-state index contributed by atoms with van der Waals surface area (Å²) in [5, 5.41) is 23.8. The lowest BCUT2D eigenvalue weighted by atomic mass is 9.49. The van der Waals surface area contributed by atoms with Gasteiger partial charge in [0.05, 0.1) is 16.7 Å². The summed E-state index contributed by atoms with van der Waals surface area (Å²) >= 11 is 0. The maximum Gasteiger partial charge on any atom is 0.166 e. The molecular formula is C32H30N2O3. The van der Waals surface area contributed by atoms with Crippen LogP contribution in [0.25, 0.3) is 11.1 Å². The molecule has 3 aromatic carbocycles. The van der Waals surface area contributed by atoms with E-state index >= 15 is 0 Å². The number of phenolic OH excluding ortho intramolecular Hbond substituents is 1. The third kappa shape index (κ3) is 2.61. The van der Waals surface area contributed by atoms with Gasteiger partial charge in [0.15, 0.2) is 17.6 Å². The number of benzene rings is 3. The average molecular weight is 491 g/mol. The summed E-state index contributed by atoms with van der Waals surface area (Å²) in [5.74, 6) is 0.749. The van der Waals surface area contributed by atoms with Crippen LogP contribution in [0.5, 0.6) is 11.5 Å². The molecule has 186 valence electrons. The molecule has 2 aliphatic carbocycles. The minimum absolute atomic E-state index is 0.00964. The Hall–Kier alpha value is -3.54. The van der Waals surface area contributed by atoms with Gasteiger partial charge in [0.2, 0.25) is 0 Å². The normalized spacial score (nSPS) is 28.9. The van der Waals surface area contributed by atoms with Crippen molar-refractivity contribution in [3.05, 3.63) is 107 Å². The van der Waals surface area contributed by atoms with E-state index in [4.69, 9.17) is 4.74 Å². The van der Waals surface area contributed by atoms with Crippen molar-refractivity contribution in [1.29, 1.82) is 0 Å². The van der Waals surface area contributed by atoms with E-state index in [9.17, 15) is 10.2 Å². The smallest absolute Gasteiger partial charge is 0.166 e. The number of ether oxygens (including phenoxy) is 1. The van der Waals surface area contributed by atoms with E-state index in [1.165, 1.54) is 16.7 Å². The Morgan fingerprint density at radius 3 is 2.54 bits per heavy atom. The SMILES string of the molecule is CN1CC[C@]23c4c5ccc(O)c4O[C@H]2c2c(c(-c4ccccc4)cn2Cc2ccccc2)C[C@@]3(O)[C@@H]1C5. The minimum Gasteiger partial charge on any atom is -0.504 e. The van der Waals surface area contributed by atoms with E-state index in [-0.39, 0.29) is 17.9 Å². The second kappa shape index (κ2) is 7.27. The van der Waals surface area contributed by atoms with Crippen molar-refractivity contribution in [2.75, 3.05) is 13.6 Å². The zero-order valence-electron chi connectivity index (χ0n) is 20.9. The first-order valence-electron chi connectivity index (χ1n) is 13.3. The van der Waals surface area contributed by atoms with Gasteiger partial charge < -0.3 is 24.4 Å². The first kappa shape index (κ1) is 21.5. The molecule has 2 bridgehead atoms. The van der Waals surface area contributed by atoms with Gasteiger partial charge in [-0.3, -0.25) is 0 Å². The molecule has 0 saturated carbocycles. The van der Waals surface area contributed by atoms with Gasteiger partial charge in [-0.05, 0) is 54.8 Å². The number of phenols is 1. The summed E-state index contributed by atoms with van der Waals surface area (Å²) in [7, 11) is 2.14. The summed E-state index contributed by atoms with van der Waals surface area (Å²) in [5.41, 5.74) is 6.51. The van der Waals surface area contributed by atoms with E-state index in [0.29, 0.717) is 12.2 Å². The first-order chi connectivity index (χ1) is 18.0. The van der Waals surface area contributed by atoms with Crippen LogP contribution in [-0.4, -0.2) is 44.9 Å². The molecule has 5 heteroatoms.